The van der Waals surface area contributed by atoms with Crippen molar-refractivity contribution in [3.8, 4) is 0 Å². The molecule has 0 aliphatic carbocycles. The van der Waals surface area contributed by atoms with Crippen molar-refractivity contribution < 1.29 is 27.0 Å². The zero-order valence-corrected chi connectivity index (χ0v) is 19.1. The van der Waals surface area contributed by atoms with Gasteiger partial charge in [-0.2, -0.15) is 0 Å². The van der Waals surface area contributed by atoms with Gasteiger partial charge in [-0.15, -0.1) is 0 Å². The van der Waals surface area contributed by atoms with E-state index in [4.69, 9.17) is 32.6 Å². The number of oxime groups is 1. The molecule has 0 spiro atoms. The minimum Gasteiger partial charge on any atom is -0.389 e. The lowest BCUT2D eigenvalue weighted by Gasteiger charge is -2.13. The molecule has 12 heteroatoms. The van der Waals surface area contributed by atoms with Crippen LogP contribution >= 0.6 is 23.2 Å². The van der Waals surface area contributed by atoms with Gasteiger partial charge in [0.2, 0.25) is 9.84 Å². The fourth-order valence-electron chi connectivity index (χ4n) is 3.14. The maximum absolute atomic E-state index is 14.6. The molecule has 0 atom stereocenters. The van der Waals surface area contributed by atoms with Crippen LogP contribution in [0.25, 0.3) is 11.0 Å². The molecule has 1 N–H and O–H groups in total. The second-order valence-corrected chi connectivity index (χ2v) is 10.6. The molecular formula is C20H16Cl2FN3O5S. The smallest absolute Gasteiger partial charge is 0.258 e. The third-order valence-electron chi connectivity index (χ3n) is 4.73. The monoisotopic (exact) mass is 499 g/mol. The topological polar surface area (TPSA) is 111 Å². The second-order valence-electron chi connectivity index (χ2n) is 7.78. The van der Waals surface area contributed by atoms with E-state index in [0.717, 1.165) is 6.07 Å². The van der Waals surface area contributed by atoms with Gasteiger partial charge < -0.3 is 14.7 Å². The van der Waals surface area contributed by atoms with E-state index in [1.165, 1.54) is 18.2 Å². The SMILES string of the molecule is CC1(C)CC(S(=O)(=O)Cc2noc3cc(F)c(NC(=O)c4c(Cl)cccc4Cl)cc23)=NO1. The number of sulfone groups is 1. The average Bonchev–Trinajstić information content (AvgIpc) is 3.25. The molecule has 0 bridgehead atoms. The van der Waals surface area contributed by atoms with Crippen LogP contribution in [0.3, 0.4) is 0 Å². The number of nitrogens with one attached hydrogen (secondary N) is 1. The Labute approximate surface area is 192 Å². The van der Waals surface area contributed by atoms with Gasteiger partial charge in [0, 0.05) is 17.9 Å². The molecule has 0 radical (unpaired) electrons. The van der Waals surface area contributed by atoms with Crippen molar-refractivity contribution in [3.63, 3.8) is 0 Å². The molecule has 168 valence electrons. The van der Waals surface area contributed by atoms with E-state index >= 15 is 0 Å². The zero-order valence-electron chi connectivity index (χ0n) is 16.8. The molecule has 1 aliphatic heterocycles. The van der Waals surface area contributed by atoms with E-state index in [9.17, 15) is 17.6 Å². The van der Waals surface area contributed by atoms with E-state index in [2.05, 4.69) is 15.6 Å². The van der Waals surface area contributed by atoms with Crippen LogP contribution in [0.15, 0.2) is 40.0 Å². The summed E-state index contributed by atoms with van der Waals surface area (Å²) in [5, 5.41) is 10.1. The number of aromatic nitrogens is 1. The number of hydrogen-bond acceptors (Lipinski definition) is 7. The highest BCUT2D eigenvalue weighted by Gasteiger charge is 2.36. The number of fused-ring (bicyclic) bond motifs is 1. The van der Waals surface area contributed by atoms with E-state index in [1.54, 1.807) is 19.9 Å². The first-order valence-electron chi connectivity index (χ1n) is 9.28. The van der Waals surface area contributed by atoms with Gasteiger partial charge in [-0.3, -0.25) is 4.79 Å². The Balaban J connectivity index is 1.65. The first-order chi connectivity index (χ1) is 15.0. The van der Waals surface area contributed by atoms with Crippen molar-refractivity contribution >= 4 is 60.6 Å². The lowest BCUT2D eigenvalue weighted by molar-refractivity contribution is 0.0123. The molecule has 32 heavy (non-hydrogen) atoms. The molecule has 4 rings (SSSR count). The van der Waals surface area contributed by atoms with Crippen LogP contribution in [-0.2, 0) is 20.4 Å². The Kier molecular flexibility index (Phi) is 5.64. The van der Waals surface area contributed by atoms with Crippen LogP contribution in [0.4, 0.5) is 10.1 Å². The Bertz CT molecular complexity index is 1370. The summed E-state index contributed by atoms with van der Waals surface area (Å²) in [6, 6.07) is 6.76. The lowest BCUT2D eigenvalue weighted by Crippen LogP contribution is -2.23. The van der Waals surface area contributed by atoms with Crippen LogP contribution in [0.5, 0.6) is 0 Å². The van der Waals surface area contributed by atoms with Crippen LogP contribution in [-0.4, -0.2) is 30.1 Å². The second kappa shape index (κ2) is 8.02. The number of hydrogen-bond donors (Lipinski definition) is 1. The van der Waals surface area contributed by atoms with Crippen LogP contribution in [0.2, 0.25) is 10.0 Å². The number of halogens is 3. The number of rotatable bonds is 4. The summed E-state index contributed by atoms with van der Waals surface area (Å²) in [6.07, 6.45) is 0.111. The maximum Gasteiger partial charge on any atom is 0.258 e. The molecule has 0 saturated carbocycles. The van der Waals surface area contributed by atoms with E-state index in [0.29, 0.717) is 0 Å². The number of amides is 1. The first-order valence-corrected chi connectivity index (χ1v) is 11.7. The number of nitrogens with zero attached hydrogens (tertiary/aromatic N) is 2. The summed E-state index contributed by atoms with van der Waals surface area (Å²) in [6.45, 7) is 3.43. The summed E-state index contributed by atoms with van der Waals surface area (Å²) in [5.74, 6) is -2.08. The fourth-order valence-corrected chi connectivity index (χ4v) is 5.16. The minimum absolute atomic E-state index is 0.0198. The molecule has 0 saturated heterocycles. The number of carbonyl (C=O) groups is 1. The third-order valence-corrected chi connectivity index (χ3v) is 6.95. The van der Waals surface area contributed by atoms with E-state index < -0.39 is 32.9 Å². The van der Waals surface area contributed by atoms with Crippen LogP contribution in [0, 0.1) is 5.82 Å². The molecular weight excluding hydrogens is 484 g/mol. The van der Waals surface area contributed by atoms with Crippen molar-refractivity contribution in [2.24, 2.45) is 5.16 Å². The predicted molar refractivity (Wildman–Crippen MR) is 118 cm³/mol. The van der Waals surface area contributed by atoms with Gasteiger partial charge >= 0.3 is 0 Å². The van der Waals surface area contributed by atoms with Gasteiger partial charge in [0.05, 0.1) is 21.3 Å². The fraction of sp³-hybridized carbons (Fsp3) is 0.250. The predicted octanol–water partition coefficient (Wildman–Crippen LogP) is 4.95. The Morgan fingerprint density at radius 2 is 1.94 bits per heavy atom. The van der Waals surface area contributed by atoms with Gasteiger partial charge in [-0.25, -0.2) is 12.8 Å². The Morgan fingerprint density at radius 1 is 1.25 bits per heavy atom. The number of benzene rings is 2. The zero-order chi connectivity index (χ0) is 23.3. The summed E-state index contributed by atoms with van der Waals surface area (Å²) in [4.78, 5) is 17.8. The largest absolute Gasteiger partial charge is 0.389 e. The highest BCUT2D eigenvalue weighted by molar-refractivity contribution is 8.05. The highest BCUT2D eigenvalue weighted by Crippen LogP contribution is 2.31. The van der Waals surface area contributed by atoms with Crippen molar-refractivity contribution in [2.45, 2.75) is 31.6 Å². The molecule has 3 aromatic rings. The summed E-state index contributed by atoms with van der Waals surface area (Å²) in [7, 11) is -3.86. The Hall–Kier alpha value is -2.69. The summed E-state index contributed by atoms with van der Waals surface area (Å²) in [5.41, 5.74) is -0.909. The van der Waals surface area contributed by atoms with Gasteiger partial charge in [-0.1, -0.05) is 39.6 Å². The minimum atomic E-state index is -3.86. The van der Waals surface area contributed by atoms with Gasteiger partial charge in [0.1, 0.15) is 17.0 Å². The van der Waals surface area contributed by atoms with Gasteiger partial charge in [0.25, 0.3) is 5.91 Å². The van der Waals surface area contributed by atoms with Crippen LogP contribution < -0.4 is 5.32 Å². The van der Waals surface area contributed by atoms with Crippen molar-refractivity contribution in [1.29, 1.82) is 0 Å². The van der Waals surface area contributed by atoms with Crippen molar-refractivity contribution in [2.75, 3.05) is 5.32 Å². The maximum atomic E-state index is 14.6. The lowest BCUT2D eigenvalue weighted by atomic mass is 10.1. The third kappa shape index (κ3) is 4.30. The van der Waals surface area contributed by atoms with Gasteiger partial charge in [-0.05, 0) is 32.0 Å². The number of anilines is 1. The van der Waals surface area contributed by atoms with Crippen molar-refractivity contribution in [1.82, 2.24) is 5.16 Å². The molecule has 2 heterocycles. The van der Waals surface area contributed by atoms with E-state index in [-0.39, 0.29) is 49.4 Å². The van der Waals surface area contributed by atoms with Gasteiger partial charge in [0.15, 0.2) is 16.4 Å². The molecule has 8 nitrogen and oxygen atoms in total. The number of carbonyl (C=O) groups excluding carboxylic acids is 1. The van der Waals surface area contributed by atoms with Crippen molar-refractivity contribution in [3.05, 3.63) is 57.5 Å². The Morgan fingerprint density at radius 3 is 2.56 bits per heavy atom. The van der Waals surface area contributed by atoms with E-state index in [1.807, 2.05) is 0 Å². The molecule has 0 fully saturated rings. The quantitative estimate of drug-likeness (QED) is 0.543. The molecule has 2 aromatic carbocycles. The average molecular weight is 500 g/mol. The normalized spacial score (nSPS) is 15.5. The molecule has 1 amide bonds. The van der Waals surface area contributed by atoms with Crippen LogP contribution in [0.1, 0.15) is 36.3 Å². The molecule has 0 unspecified atom stereocenters. The molecule has 1 aliphatic rings. The standard InChI is InChI=1S/C20H16Cl2FN3O5S/c1-20(2)8-17(26-31-20)32(28,29)9-15-10-6-14(13(23)7-16(10)30-25-15)24-19(27)18-11(21)4-3-5-12(18)22/h3-7H,8-9H2,1-2H3,(H,24,27). The first kappa shape index (κ1) is 22.5. The molecule has 1 aromatic heterocycles. The highest BCUT2D eigenvalue weighted by atomic mass is 35.5. The summed E-state index contributed by atoms with van der Waals surface area (Å²) < 4.78 is 45.1. The summed E-state index contributed by atoms with van der Waals surface area (Å²) >= 11 is 12.1.